The molecule has 6 nitrogen and oxygen atoms in total. The van der Waals surface area contributed by atoms with E-state index in [0.717, 1.165) is 16.0 Å². The van der Waals surface area contributed by atoms with Crippen LogP contribution in [-0.2, 0) is 19.4 Å². The minimum atomic E-state index is -3.65. The van der Waals surface area contributed by atoms with Gasteiger partial charge in [0.1, 0.15) is 0 Å². The molecule has 3 rings (SSSR count). The number of carbonyl (C=O) groups is 2. The first-order chi connectivity index (χ1) is 13.7. The molecule has 1 unspecified atom stereocenters. The van der Waals surface area contributed by atoms with E-state index in [1.54, 1.807) is 12.1 Å². The first kappa shape index (κ1) is 21.4. The van der Waals surface area contributed by atoms with Gasteiger partial charge in [0.15, 0.2) is 9.84 Å². The summed E-state index contributed by atoms with van der Waals surface area (Å²) in [6, 6.07) is 10.3. The van der Waals surface area contributed by atoms with Crippen LogP contribution in [0.5, 0.6) is 0 Å². The number of hydrogen-bond acceptors (Lipinski definition) is 5. The standard InChI is InChI=1S/C21H24N2O4S2/c1-4-18-21(25)23-17-12-16(7-8-19(17)28-18)29(26,27)10-9-20(24)22-15-6-5-13(2)14(3)11-15/h5-8,11-12,18H,4,9-10H2,1-3H3,(H,22,24)(H,23,25). The topological polar surface area (TPSA) is 92.3 Å². The van der Waals surface area contributed by atoms with E-state index in [1.165, 1.54) is 23.9 Å². The smallest absolute Gasteiger partial charge is 0.237 e. The fourth-order valence-corrected chi connectivity index (χ4v) is 5.26. The minimum absolute atomic E-state index is 0.103. The van der Waals surface area contributed by atoms with E-state index in [2.05, 4.69) is 10.6 Å². The average Bonchev–Trinajstić information content (AvgIpc) is 2.68. The molecule has 0 radical (unpaired) electrons. The molecule has 154 valence electrons. The van der Waals surface area contributed by atoms with Gasteiger partial charge < -0.3 is 10.6 Å². The van der Waals surface area contributed by atoms with Crippen LogP contribution in [0.2, 0.25) is 0 Å². The Bertz CT molecular complexity index is 1060. The van der Waals surface area contributed by atoms with Gasteiger partial charge in [0.25, 0.3) is 0 Å². The summed E-state index contributed by atoms with van der Waals surface area (Å²) < 4.78 is 25.4. The number of thioether (sulfide) groups is 1. The van der Waals surface area contributed by atoms with Crippen molar-refractivity contribution < 1.29 is 18.0 Å². The third-order valence-electron chi connectivity index (χ3n) is 4.89. The van der Waals surface area contributed by atoms with Crippen molar-refractivity contribution in [1.82, 2.24) is 0 Å². The molecule has 2 N–H and O–H groups in total. The predicted octanol–water partition coefficient (Wildman–Crippen LogP) is 3.93. The van der Waals surface area contributed by atoms with Gasteiger partial charge in [-0.1, -0.05) is 13.0 Å². The lowest BCUT2D eigenvalue weighted by atomic mass is 10.1. The number of sulfone groups is 1. The summed E-state index contributed by atoms with van der Waals surface area (Å²) in [5.41, 5.74) is 3.32. The van der Waals surface area contributed by atoms with E-state index < -0.39 is 9.84 Å². The fraction of sp³-hybridized carbons (Fsp3) is 0.333. The van der Waals surface area contributed by atoms with Crippen molar-refractivity contribution in [3.63, 3.8) is 0 Å². The molecule has 0 fully saturated rings. The van der Waals surface area contributed by atoms with Crippen LogP contribution in [0.3, 0.4) is 0 Å². The second-order valence-electron chi connectivity index (χ2n) is 7.08. The van der Waals surface area contributed by atoms with Crippen molar-refractivity contribution in [2.45, 2.75) is 48.7 Å². The summed E-state index contributed by atoms with van der Waals surface area (Å²) in [6.07, 6.45) is 0.553. The van der Waals surface area contributed by atoms with Crippen LogP contribution in [0.15, 0.2) is 46.2 Å². The molecule has 1 atom stereocenters. The number of rotatable bonds is 6. The van der Waals surface area contributed by atoms with E-state index in [9.17, 15) is 18.0 Å². The molecule has 0 bridgehead atoms. The third kappa shape index (κ3) is 5.00. The quantitative estimate of drug-likeness (QED) is 0.722. The SMILES string of the molecule is CCC1Sc2ccc(S(=O)(=O)CCC(=O)Nc3ccc(C)c(C)c3)cc2NC1=O. The van der Waals surface area contributed by atoms with Crippen LogP contribution in [0.1, 0.15) is 30.9 Å². The molecule has 1 heterocycles. The maximum Gasteiger partial charge on any atom is 0.237 e. The second kappa shape index (κ2) is 8.59. The van der Waals surface area contributed by atoms with Crippen LogP contribution < -0.4 is 10.6 Å². The molecular formula is C21H24N2O4S2. The monoisotopic (exact) mass is 432 g/mol. The van der Waals surface area contributed by atoms with Crippen molar-refractivity contribution in [2.75, 3.05) is 16.4 Å². The zero-order valence-electron chi connectivity index (χ0n) is 16.6. The van der Waals surface area contributed by atoms with Crippen molar-refractivity contribution >= 4 is 44.8 Å². The van der Waals surface area contributed by atoms with Gasteiger partial charge in [0.05, 0.1) is 21.6 Å². The van der Waals surface area contributed by atoms with Gasteiger partial charge in [0.2, 0.25) is 11.8 Å². The Labute approximate surface area is 175 Å². The molecular weight excluding hydrogens is 408 g/mol. The van der Waals surface area contributed by atoms with Gasteiger partial charge in [-0.05, 0) is 61.7 Å². The Morgan fingerprint density at radius 1 is 1.14 bits per heavy atom. The lowest BCUT2D eigenvalue weighted by Gasteiger charge is -2.23. The number of anilines is 2. The zero-order chi connectivity index (χ0) is 21.2. The molecule has 2 aromatic carbocycles. The average molecular weight is 433 g/mol. The van der Waals surface area contributed by atoms with E-state index in [-0.39, 0.29) is 34.1 Å². The molecule has 0 aromatic heterocycles. The molecule has 0 saturated carbocycles. The Balaban J connectivity index is 1.66. The summed E-state index contributed by atoms with van der Waals surface area (Å²) in [7, 11) is -3.65. The lowest BCUT2D eigenvalue weighted by molar-refractivity contribution is -0.116. The molecule has 0 aliphatic carbocycles. The van der Waals surface area contributed by atoms with Crippen LogP contribution in [0.4, 0.5) is 11.4 Å². The molecule has 29 heavy (non-hydrogen) atoms. The molecule has 0 spiro atoms. The summed E-state index contributed by atoms with van der Waals surface area (Å²) in [6.45, 7) is 5.87. The fourth-order valence-electron chi connectivity index (χ4n) is 2.98. The van der Waals surface area contributed by atoms with E-state index in [1.807, 2.05) is 32.9 Å². The van der Waals surface area contributed by atoms with Gasteiger partial charge in [-0.15, -0.1) is 11.8 Å². The van der Waals surface area contributed by atoms with Gasteiger partial charge in [0, 0.05) is 17.0 Å². The lowest BCUT2D eigenvalue weighted by Crippen LogP contribution is -2.28. The van der Waals surface area contributed by atoms with Crippen molar-refractivity contribution in [2.24, 2.45) is 0 Å². The third-order valence-corrected chi connectivity index (χ3v) is 8.04. The van der Waals surface area contributed by atoms with Crippen LogP contribution in [0, 0.1) is 13.8 Å². The number of fused-ring (bicyclic) bond motifs is 1. The Hall–Kier alpha value is -2.32. The van der Waals surface area contributed by atoms with Crippen molar-refractivity contribution in [1.29, 1.82) is 0 Å². The first-order valence-corrected chi connectivity index (χ1v) is 11.9. The van der Waals surface area contributed by atoms with Gasteiger partial charge in [-0.3, -0.25) is 9.59 Å². The van der Waals surface area contributed by atoms with Crippen LogP contribution in [0.25, 0.3) is 0 Å². The Morgan fingerprint density at radius 2 is 1.90 bits per heavy atom. The van der Waals surface area contributed by atoms with Crippen LogP contribution >= 0.6 is 11.8 Å². The van der Waals surface area contributed by atoms with Crippen molar-refractivity contribution in [3.05, 3.63) is 47.5 Å². The van der Waals surface area contributed by atoms with Gasteiger partial charge in [-0.25, -0.2) is 8.42 Å². The number of amides is 2. The number of carbonyl (C=O) groups excluding carboxylic acids is 2. The van der Waals surface area contributed by atoms with Gasteiger partial charge in [-0.2, -0.15) is 0 Å². The molecule has 2 amide bonds. The van der Waals surface area contributed by atoms with E-state index >= 15 is 0 Å². The minimum Gasteiger partial charge on any atom is -0.326 e. The number of nitrogens with one attached hydrogen (secondary N) is 2. The Morgan fingerprint density at radius 3 is 2.59 bits per heavy atom. The van der Waals surface area contributed by atoms with Crippen LogP contribution in [-0.4, -0.2) is 31.2 Å². The molecule has 2 aromatic rings. The second-order valence-corrected chi connectivity index (χ2v) is 10.4. The summed E-state index contributed by atoms with van der Waals surface area (Å²) in [4.78, 5) is 25.2. The zero-order valence-corrected chi connectivity index (χ0v) is 18.2. The molecule has 1 aliphatic heterocycles. The Kier molecular flexibility index (Phi) is 6.33. The van der Waals surface area contributed by atoms with Crippen molar-refractivity contribution in [3.8, 4) is 0 Å². The highest BCUT2D eigenvalue weighted by Gasteiger charge is 2.27. The van der Waals surface area contributed by atoms with E-state index in [4.69, 9.17) is 0 Å². The summed E-state index contributed by atoms with van der Waals surface area (Å²) in [5, 5.41) is 5.35. The highest BCUT2D eigenvalue weighted by Crippen LogP contribution is 2.38. The largest absolute Gasteiger partial charge is 0.326 e. The highest BCUT2D eigenvalue weighted by molar-refractivity contribution is 8.01. The molecule has 0 saturated heterocycles. The normalized spacial score (nSPS) is 16.1. The maximum atomic E-state index is 12.7. The number of aryl methyl sites for hydroxylation is 2. The van der Waals surface area contributed by atoms with Gasteiger partial charge >= 0.3 is 0 Å². The summed E-state index contributed by atoms with van der Waals surface area (Å²) in [5.74, 6) is -0.780. The number of benzene rings is 2. The number of hydrogen-bond donors (Lipinski definition) is 2. The maximum absolute atomic E-state index is 12.7. The molecule has 1 aliphatic rings. The predicted molar refractivity (Wildman–Crippen MR) is 116 cm³/mol. The van der Waals surface area contributed by atoms with E-state index in [0.29, 0.717) is 17.8 Å². The highest BCUT2D eigenvalue weighted by atomic mass is 32.2. The first-order valence-electron chi connectivity index (χ1n) is 9.41. The summed E-state index contributed by atoms with van der Waals surface area (Å²) >= 11 is 1.44. The molecule has 8 heteroatoms.